The fourth-order valence-corrected chi connectivity index (χ4v) is 2.25. The van der Waals surface area contributed by atoms with Crippen LogP contribution in [0.4, 0.5) is 14.5 Å². The van der Waals surface area contributed by atoms with E-state index in [1.807, 2.05) is 6.92 Å². The molecular weight excluding hydrogens is 332 g/mol. The van der Waals surface area contributed by atoms with Crippen molar-refractivity contribution in [3.63, 3.8) is 0 Å². The van der Waals surface area contributed by atoms with E-state index in [4.69, 9.17) is 0 Å². The van der Waals surface area contributed by atoms with Crippen molar-refractivity contribution in [1.29, 1.82) is 0 Å². The summed E-state index contributed by atoms with van der Waals surface area (Å²) in [5.41, 5.74) is 0.235. The largest absolute Gasteiger partial charge is 0.342 e. The Labute approximate surface area is 122 Å². The predicted octanol–water partition coefficient (Wildman–Crippen LogP) is 3.59. The molecule has 0 radical (unpaired) electrons. The number of hydrogen-bond acceptors (Lipinski definition) is 2. The molecule has 106 valence electrons. The molecule has 0 bridgehead atoms. The van der Waals surface area contributed by atoms with Crippen LogP contribution in [0, 0.1) is 11.9 Å². The minimum Gasteiger partial charge on any atom is -0.342 e. The highest BCUT2D eigenvalue weighted by Crippen LogP contribution is 2.18. The summed E-state index contributed by atoms with van der Waals surface area (Å²) < 4.78 is 28.6. The minimum absolute atomic E-state index is 0.156. The van der Waals surface area contributed by atoms with Gasteiger partial charge in [0.1, 0.15) is 5.69 Å². The zero-order valence-corrected chi connectivity index (χ0v) is 12.2. The number of anilines is 1. The number of halogens is 3. The molecule has 0 saturated carbocycles. The number of pyridine rings is 1. The van der Waals surface area contributed by atoms with Gasteiger partial charge in [-0.3, -0.25) is 4.79 Å². The highest BCUT2D eigenvalue weighted by atomic mass is 79.9. The van der Waals surface area contributed by atoms with E-state index in [2.05, 4.69) is 26.2 Å². The maximum atomic E-state index is 13.4. The lowest BCUT2D eigenvalue weighted by molar-refractivity contribution is 0.101. The molecule has 1 N–H and O–H groups in total. The van der Waals surface area contributed by atoms with Gasteiger partial charge in [0.05, 0.1) is 5.69 Å². The molecule has 0 saturated heterocycles. The number of carbonyl (C=O) groups is 1. The lowest BCUT2D eigenvalue weighted by Crippen LogP contribution is -2.18. The Hall–Kier alpha value is -1.76. The normalized spacial score (nSPS) is 10.6. The summed E-state index contributed by atoms with van der Waals surface area (Å²) >= 11 is 3.29. The summed E-state index contributed by atoms with van der Waals surface area (Å²) in [6.07, 6.45) is 2.63. The first-order valence-corrected chi connectivity index (χ1v) is 6.79. The molecule has 1 amide bonds. The fraction of sp³-hybridized carbons (Fsp3) is 0.231. The molecule has 0 aliphatic rings. The van der Waals surface area contributed by atoms with Crippen LogP contribution in [-0.2, 0) is 6.54 Å². The van der Waals surface area contributed by atoms with Gasteiger partial charge in [-0.1, -0.05) is 6.92 Å². The quantitative estimate of drug-likeness (QED) is 0.862. The highest BCUT2D eigenvalue weighted by molar-refractivity contribution is 9.10. The highest BCUT2D eigenvalue weighted by Gasteiger charge is 2.15. The van der Waals surface area contributed by atoms with Gasteiger partial charge in [-0.2, -0.15) is 13.8 Å². The number of nitrogens with one attached hydrogen (secondary N) is 1. The van der Waals surface area contributed by atoms with Crippen LogP contribution in [-0.4, -0.2) is 15.5 Å². The van der Waals surface area contributed by atoms with Gasteiger partial charge in [0, 0.05) is 17.2 Å². The second-order valence-corrected chi connectivity index (χ2v) is 5.08. The molecule has 2 aromatic heterocycles. The number of carbonyl (C=O) groups excluding carboxylic acids is 1. The minimum atomic E-state index is -1.05. The van der Waals surface area contributed by atoms with Gasteiger partial charge in [-0.15, -0.1) is 0 Å². The lowest BCUT2D eigenvalue weighted by atomic mass is 10.3. The molecule has 0 atom stereocenters. The van der Waals surface area contributed by atoms with E-state index in [1.54, 1.807) is 16.8 Å². The number of hydrogen-bond donors (Lipinski definition) is 1. The summed E-state index contributed by atoms with van der Waals surface area (Å²) in [5.74, 6) is -2.46. The van der Waals surface area contributed by atoms with E-state index >= 15 is 0 Å². The van der Waals surface area contributed by atoms with Gasteiger partial charge in [0.25, 0.3) is 5.91 Å². The lowest BCUT2D eigenvalue weighted by Gasteiger charge is -2.08. The van der Waals surface area contributed by atoms with Crippen LogP contribution in [0.15, 0.2) is 28.9 Å². The van der Waals surface area contributed by atoms with Crippen LogP contribution >= 0.6 is 15.9 Å². The second-order valence-electron chi connectivity index (χ2n) is 4.16. The summed E-state index contributed by atoms with van der Waals surface area (Å²) in [7, 11) is 0. The van der Waals surface area contributed by atoms with Crippen LogP contribution in [0.2, 0.25) is 0 Å². The van der Waals surface area contributed by atoms with Crippen molar-refractivity contribution in [1.82, 2.24) is 9.55 Å². The Kier molecular flexibility index (Phi) is 4.49. The van der Waals surface area contributed by atoms with Gasteiger partial charge >= 0.3 is 0 Å². The SMILES string of the molecule is CCCn1cc(Br)cc1C(=O)Nc1ccc(F)nc1F. The molecule has 2 rings (SSSR count). The van der Waals surface area contributed by atoms with Crippen LogP contribution in [0.5, 0.6) is 0 Å². The van der Waals surface area contributed by atoms with Crippen molar-refractivity contribution in [2.45, 2.75) is 19.9 Å². The number of rotatable bonds is 4. The standard InChI is InChI=1S/C13H12BrF2N3O/c1-2-5-19-7-8(14)6-10(19)13(20)17-9-3-4-11(15)18-12(9)16/h3-4,6-7H,2,5H2,1H3,(H,17,20). The van der Waals surface area contributed by atoms with Crippen molar-refractivity contribution in [3.05, 3.63) is 46.5 Å². The summed E-state index contributed by atoms with van der Waals surface area (Å²) in [5, 5.41) is 2.38. The number of aromatic nitrogens is 2. The average molecular weight is 344 g/mol. The summed E-state index contributed by atoms with van der Waals surface area (Å²) in [4.78, 5) is 15.1. The van der Waals surface area contributed by atoms with Gasteiger partial charge in [0.2, 0.25) is 11.9 Å². The van der Waals surface area contributed by atoms with E-state index in [0.29, 0.717) is 12.2 Å². The van der Waals surface area contributed by atoms with Gasteiger partial charge in [-0.25, -0.2) is 0 Å². The van der Waals surface area contributed by atoms with Crippen LogP contribution in [0.3, 0.4) is 0 Å². The maximum absolute atomic E-state index is 13.4. The maximum Gasteiger partial charge on any atom is 0.272 e. The topological polar surface area (TPSA) is 46.9 Å². The Morgan fingerprint density at radius 3 is 2.85 bits per heavy atom. The Morgan fingerprint density at radius 1 is 1.45 bits per heavy atom. The van der Waals surface area contributed by atoms with Crippen molar-refractivity contribution >= 4 is 27.5 Å². The second kappa shape index (κ2) is 6.13. The first-order chi connectivity index (χ1) is 9.51. The molecule has 0 unspecified atom stereocenters. The number of nitrogens with zero attached hydrogens (tertiary/aromatic N) is 2. The van der Waals surface area contributed by atoms with E-state index in [-0.39, 0.29) is 5.69 Å². The van der Waals surface area contributed by atoms with E-state index < -0.39 is 17.8 Å². The molecule has 0 aromatic carbocycles. The molecule has 7 heteroatoms. The van der Waals surface area contributed by atoms with E-state index in [9.17, 15) is 13.6 Å². The Bertz CT molecular complexity index is 643. The van der Waals surface area contributed by atoms with Crippen LogP contribution in [0.1, 0.15) is 23.8 Å². The smallest absolute Gasteiger partial charge is 0.272 e. The molecule has 20 heavy (non-hydrogen) atoms. The first-order valence-electron chi connectivity index (χ1n) is 6.00. The van der Waals surface area contributed by atoms with Gasteiger partial charge in [-0.05, 0) is 40.5 Å². The fourth-order valence-electron chi connectivity index (χ4n) is 1.78. The van der Waals surface area contributed by atoms with Crippen molar-refractivity contribution in [2.75, 3.05) is 5.32 Å². The van der Waals surface area contributed by atoms with Crippen molar-refractivity contribution < 1.29 is 13.6 Å². The number of amides is 1. The monoisotopic (exact) mass is 343 g/mol. The zero-order valence-electron chi connectivity index (χ0n) is 10.7. The molecule has 2 aromatic rings. The Balaban J connectivity index is 2.23. The molecule has 0 fully saturated rings. The predicted molar refractivity (Wildman–Crippen MR) is 74.5 cm³/mol. The Morgan fingerprint density at radius 2 is 2.20 bits per heavy atom. The molecule has 4 nitrogen and oxygen atoms in total. The van der Waals surface area contributed by atoms with Crippen molar-refractivity contribution in [2.24, 2.45) is 0 Å². The summed E-state index contributed by atoms with van der Waals surface area (Å²) in [6.45, 7) is 2.65. The van der Waals surface area contributed by atoms with Crippen molar-refractivity contribution in [3.8, 4) is 0 Å². The van der Waals surface area contributed by atoms with E-state index in [1.165, 1.54) is 0 Å². The number of aryl methyl sites for hydroxylation is 1. The molecule has 2 heterocycles. The molecule has 0 aliphatic carbocycles. The molecule has 0 spiro atoms. The molecule has 0 aliphatic heterocycles. The average Bonchev–Trinajstić information content (AvgIpc) is 2.74. The zero-order chi connectivity index (χ0) is 14.7. The van der Waals surface area contributed by atoms with Gasteiger partial charge in [0.15, 0.2) is 0 Å². The first kappa shape index (κ1) is 14.6. The summed E-state index contributed by atoms with van der Waals surface area (Å²) in [6, 6.07) is 3.76. The van der Waals surface area contributed by atoms with Gasteiger partial charge < -0.3 is 9.88 Å². The van der Waals surface area contributed by atoms with Crippen LogP contribution in [0.25, 0.3) is 0 Å². The molecular formula is C13H12BrF2N3O. The van der Waals surface area contributed by atoms with E-state index in [0.717, 1.165) is 23.0 Å². The third-order valence-corrected chi connectivity index (χ3v) is 3.06. The van der Waals surface area contributed by atoms with Crippen LogP contribution < -0.4 is 5.32 Å². The third-order valence-electron chi connectivity index (χ3n) is 2.62. The third kappa shape index (κ3) is 3.22.